The van der Waals surface area contributed by atoms with Gasteiger partial charge in [0, 0.05) is 23.3 Å². The summed E-state index contributed by atoms with van der Waals surface area (Å²) < 4.78 is 24.7. The molecule has 1 aliphatic carbocycles. The Labute approximate surface area is 162 Å². The van der Waals surface area contributed by atoms with Crippen LogP contribution in [0.5, 0.6) is 0 Å². The predicted molar refractivity (Wildman–Crippen MR) is 104 cm³/mol. The number of nitrogens with zero attached hydrogens (tertiary/aromatic N) is 1. The van der Waals surface area contributed by atoms with Gasteiger partial charge < -0.3 is 14.6 Å². The second kappa shape index (κ2) is 7.24. The number of hydrogen-bond acceptors (Lipinski definition) is 4. The molecule has 1 atom stereocenters. The topological polar surface area (TPSA) is 51.6 Å². The summed E-state index contributed by atoms with van der Waals surface area (Å²) in [4.78, 5) is 4.92. The lowest BCUT2D eigenvalue weighted by Gasteiger charge is -2.23. The number of hydrogen-bond donors (Lipinski definition) is 1. The molecule has 2 heterocycles. The van der Waals surface area contributed by atoms with E-state index in [0.29, 0.717) is 25.6 Å². The van der Waals surface area contributed by atoms with Crippen molar-refractivity contribution in [3.8, 4) is 11.1 Å². The Hall–Kier alpha value is -2.34. The van der Waals surface area contributed by atoms with Gasteiger partial charge in [-0.25, -0.2) is 4.39 Å². The fraction of sp³-hybridized carbons (Fsp3) is 0.348. The number of aliphatic hydroxyl groups excluding tert-OH is 1. The summed E-state index contributed by atoms with van der Waals surface area (Å²) >= 11 is 0. The molecule has 0 radical (unpaired) electrons. The highest BCUT2D eigenvalue weighted by molar-refractivity contribution is 5.97. The molecule has 1 aromatic heterocycles. The third kappa shape index (κ3) is 3.30. The minimum atomic E-state index is -0.768. The number of ether oxygens (including phenoxy) is 2. The molecule has 0 spiro atoms. The molecule has 0 amide bonds. The third-order valence-electron chi connectivity index (χ3n) is 5.50. The van der Waals surface area contributed by atoms with Gasteiger partial charge in [-0.05, 0) is 42.2 Å². The van der Waals surface area contributed by atoms with E-state index in [4.69, 9.17) is 14.5 Å². The van der Waals surface area contributed by atoms with Crippen LogP contribution in [-0.2, 0) is 9.47 Å². The highest BCUT2D eigenvalue weighted by Gasteiger charge is 2.34. The molecule has 1 N–H and O–H groups in total. The van der Waals surface area contributed by atoms with Crippen LogP contribution in [0.25, 0.3) is 22.0 Å². The monoisotopic (exact) mass is 379 g/mol. The molecular formula is C23H22FNO3. The maximum absolute atomic E-state index is 13.6. The molecule has 1 aliphatic heterocycles. The lowest BCUT2D eigenvalue weighted by Crippen LogP contribution is -2.16. The molecule has 3 aromatic rings. The van der Waals surface area contributed by atoms with Crippen molar-refractivity contribution in [3.63, 3.8) is 0 Å². The minimum Gasteiger partial charge on any atom is -0.388 e. The molecule has 2 aromatic carbocycles. The van der Waals surface area contributed by atoms with E-state index in [1.807, 2.05) is 24.3 Å². The summed E-state index contributed by atoms with van der Waals surface area (Å²) in [6, 6.07) is 14.4. The standard InChI is InChI=1S/C23H22FNO3/c24-16-9-7-14(8-10-16)21-17-3-1-2-4-18(17)25-23(15-5-6-15)22(21)19(26)13-20-27-11-12-28-20/h1-4,7-10,15,19-20,26H,5-6,11-13H2. The van der Waals surface area contributed by atoms with Gasteiger partial charge in [0.25, 0.3) is 0 Å². The zero-order valence-corrected chi connectivity index (χ0v) is 15.5. The molecule has 1 unspecified atom stereocenters. The second-order valence-electron chi connectivity index (χ2n) is 7.51. The third-order valence-corrected chi connectivity index (χ3v) is 5.50. The first-order valence-corrected chi connectivity index (χ1v) is 9.80. The molecule has 144 valence electrons. The van der Waals surface area contributed by atoms with E-state index in [2.05, 4.69) is 0 Å². The van der Waals surface area contributed by atoms with E-state index in [-0.39, 0.29) is 5.82 Å². The van der Waals surface area contributed by atoms with Crippen molar-refractivity contribution in [2.45, 2.75) is 37.6 Å². The Morgan fingerprint density at radius 3 is 2.46 bits per heavy atom. The molecule has 5 heteroatoms. The molecule has 4 nitrogen and oxygen atoms in total. The fourth-order valence-electron chi connectivity index (χ4n) is 4.02. The second-order valence-corrected chi connectivity index (χ2v) is 7.51. The Morgan fingerprint density at radius 2 is 1.75 bits per heavy atom. The van der Waals surface area contributed by atoms with Gasteiger partial charge in [0.1, 0.15) is 5.82 Å². The van der Waals surface area contributed by atoms with E-state index < -0.39 is 12.4 Å². The number of halogens is 1. The SMILES string of the molecule is OC(CC1OCCO1)c1c(C2CC2)nc2ccccc2c1-c1ccc(F)cc1. The van der Waals surface area contributed by atoms with Crippen LogP contribution in [0.4, 0.5) is 4.39 Å². The number of pyridine rings is 1. The van der Waals surface area contributed by atoms with Gasteiger partial charge in [0.2, 0.25) is 0 Å². The van der Waals surface area contributed by atoms with E-state index >= 15 is 0 Å². The van der Waals surface area contributed by atoms with Gasteiger partial charge in [-0.2, -0.15) is 0 Å². The molecule has 5 rings (SSSR count). The smallest absolute Gasteiger partial charge is 0.160 e. The molecule has 0 bridgehead atoms. The minimum absolute atomic E-state index is 0.278. The van der Waals surface area contributed by atoms with Crippen molar-refractivity contribution in [2.24, 2.45) is 0 Å². The quantitative estimate of drug-likeness (QED) is 0.697. The van der Waals surface area contributed by atoms with Gasteiger partial charge >= 0.3 is 0 Å². The number of aliphatic hydroxyl groups is 1. The van der Waals surface area contributed by atoms with E-state index in [9.17, 15) is 9.50 Å². The van der Waals surface area contributed by atoms with E-state index in [0.717, 1.165) is 46.1 Å². The van der Waals surface area contributed by atoms with Crippen LogP contribution in [0, 0.1) is 5.82 Å². The zero-order valence-electron chi connectivity index (χ0n) is 15.5. The van der Waals surface area contributed by atoms with Crippen LogP contribution in [0.1, 0.15) is 42.5 Å². The van der Waals surface area contributed by atoms with Crippen LogP contribution >= 0.6 is 0 Å². The molecular weight excluding hydrogens is 357 g/mol. The Kier molecular flexibility index (Phi) is 4.59. The van der Waals surface area contributed by atoms with Crippen molar-refractivity contribution in [3.05, 3.63) is 65.6 Å². The maximum atomic E-state index is 13.6. The maximum Gasteiger partial charge on any atom is 0.160 e. The largest absolute Gasteiger partial charge is 0.388 e. The first kappa shape index (κ1) is 17.7. The van der Waals surface area contributed by atoms with Crippen molar-refractivity contribution in [1.82, 2.24) is 4.98 Å². The summed E-state index contributed by atoms with van der Waals surface area (Å²) in [5.41, 5.74) is 4.48. The predicted octanol–water partition coefficient (Wildman–Crippen LogP) is 4.71. The normalized spacial score (nSPS) is 18.6. The summed E-state index contributed by atoms with van der Waals surface area (Å²) in [7, 11) is 0. The zero-order chi connectivity index (χ0) is 19.1. The molecule has 1 saturated carbocycles. The summed E-state index contributed by atoms with van der Waals surface area (Å²) in [6.45, 7) is 1.10. The van der Waals surface area contributed by atoms with Crippen molar-refractivity contribution in [1.29, 1.82) is 0 Å². The first-order chi connectivity index (χ1) is 13.7. The number of benzene rings is 2. The van der Waals surface area contributed by atoms with E-state index in [1.165, 1.54) is 12.1 Å². The van der Waals surface area contributed by atoms with Gasteiger partial charge in [0.05, 0.1) is 30.5 Å². The van der Waals surface area contributed by atoms with Crippen LogP contribution in [0.2, 0.25) is 0 Å². The highest BCUT2D eigenvalue weighted by Crippen LogP contribution is 2.47. The fourth-order valence-corrected chi connectivity index (χ4v) is 4.02. The lowest BCUT2D eigenvalue weighted by molar-refractivity contribution is -0.0708. The highest BCUT2D eigenvalue weighted by atomic mass is 19.1. The summed E-state index contributed by atoms with van der Waals surface area (Å²) in [5.74, 6) is 0.0817. The van der Waals surface area contributed by atoms with E-state index in [1.54, 1.807) is 12.1 Å². The van der Waals surface area contributed by atoms with Crippen molar-refractivity contribution >= 4 is 10.9 Å². The molecule has 1 saturated heterocycles. The first-order valence-electron chi connectivity index (χ1n) is 9.80. The Balaban J connectivity index is 1.71. The van der Waals surface area contributed by atoms with Crippen LogP contribution < -0.4 is 0 Å². The average Bonchev–Trinajstić information content (AvgIpc) is 3.44. The van der Waals surface area contributed by atoms with Gasteiger partial charge in [0.15, 0.2) is 6.29 Å². The molecule has 28 heavy (non-hydrogen) atoms. The number of aromatic nitrogens is 1. The Bertz CT molecular complexity index is 995. The number of fused-ring (bicyclic) bond motifs is 1. The van der Waals surface area contributed by atoms with Crippen molar-refractivity contribution in [2.75, 3.05) is 13.2 Å². The van der Waals surface area contributed by atoms with Gasteiger partial charge in [-0.15, -0.1) is 0 Å². The molecule has 2 aliphatic rings. The van der Waals surface area contributed by atoms with Crippen LogP contribution in [-0.4, -0.2) is 29.6 Å². The molecule has 2 fully saturated rings. The summed E-state index contributed by atoms with van der Waals surface area (Å²) in [6.07, 6.45) is 1.33. The summed E-state index contributed by atoms with van der Waals surface area (Å²) in [5, 5.41) is 12.2. The Morgan fingerprint density at radius 1 is 1.04 bits per heavy atom. The lowest BCUT2D eigenvalue weighted by atomic mass is 9.89. The number of para-hydroxylation sites is 1. The van der Waals surface area contributed by atoms with Gasteiger partial charge in [-0.3, -0.25) is 4.98 Å². The van der Waals surface area contributed by atoms with Crippen molar-refractivity contribution < 1.29 is 19.0 Å². The average molecular weight is 379 g/mol. The van der Waals surface area contributed by atoms with Gasteiger partial charge in [-0.1, -0.05) is 30.3 Å². The van der Waals surface area contributed by atoms with Crippen LogP contribution in [0.15, 0.2) is 48.5 Å². The van der Waals surface area contributed by atoms with Crippen LogP contribution in [0.3, 0.4) is 0 Å². The number of rotatable bonds is 5.